The molecule has 1 aliphatic heterocycles. The van der Waals surface area contributed by atoms with Gasteiger partial charge in [0.15, 0.2) is 21.3 Å². The summed E-state index contributed by atoms with van der Waals surface area (Å²) in [5.74, 6) is -0.218. The molecule has 0 spiro atoms. The number of hydrogen-bond acceptors (Lipinski definition) is 6. The highest BCUT2D eigenvalue weighted by Crippen LogP contribution is 2.27. The van der Waals surface area contributed by atoms with E-state index in [2.05, 4.69) is 5.32 Å². The van der Waals surface area contributed by atoms with Crippen LogP contribution in [0, 0.1) is 0 Å². The van der Waals surface area contributed by atoms with Crippen LogP contribution in [-0.4, -0.2) is 70.0 Å². The lowest BCUT2D eigenvalue weighted by molar-refractivity contribution is -0.146. The van der Waals surface area contributed by atoms with E-state index in [9.17, 15) is 18.0 Å². The van der Waals surface area contributed by atoms with Gasteiger partial charge in [0.1, 0.15) is 0 Å². The van der Waals surface area contributed by atoms with Gasteiger partial charge in [0, 0.05) is 19.1 Å². The summed E-state index contributed by atoms with van der Waals surface area (Å²) in [4.78, 5) is 25.9. The van der Waals surface area contributed by atoms with Crippen LogP contribution in [0.2, 0.25) is 0 Å². The fraction of sp³-hybridized carbons (Fsp3) is 0.556. The molecule has 1 aliphatic rings. The van der Waals surface area contributed by atoms with Gasteiger partial charge in [-0.1, -0.05) is 6.07 Å². The second kappa shape index (κ2) is 9.07. The lowest BCUT2D eigenvalue weighted by Crippen LogP contribution is -2.48. The lowest BCUT2D eigenvalue weighted by Gasteiger charge is -2.26. The van der Waals surface area contributed by atoms with Crippen molar-refractivity contribution in [2.24, 2.45) is 0 Å². The van der Waals surface area contributed by atoms with Gasteiger partial charge in [0.25, 0.3) is 0 Å². The average molecular weight is 398 g/mol. The topological polar surface area (TPSA) is 102 Å². The molecule has 1 aromatic rings. The summed E-state index contributed by atoms with van der Waals surface area (Å²) >= 11 is 0. The molecule has 0 bridgehead atoms. The van der Waals surface area contributed by atoms with Crippen molar-refractivity contribution < 1.29 is 27.5 Å². The maximum atomic E-state index is 12.4. The summed E-state index contributed by atoms with van der Waals surface area (Å²) in [6.07, 6.45) is 0.893. The molecular formula is C18H26N2O6S. The first-order valence-corrected chi connectivity index (χ1v) is 10.6. The first-order valence-electron chi connectivity index (χ1n) is 8.81. The number of benzene rings is 1. The van der Waals surface area contributed by atoms with E-state index in [4.69, 9.17) is 9.47 Å². The summed E-state index contributed by atoms with van der Waals surface area (Å²) in [7, 11) is -0.0226. The molecule has 1 N–H and O–H groups in total. The molecule has 1 fully saturated rings. The molecule has 0 aliphatic carbocycles. The minimum atomic E-state index is -3.12. The number of likely N-dealkylation sites (N-methyl/N-ethyl adjacent to an activating group) is 1. The number of hydrogen-bond donors (Lipinski definition) is 1. The van der Waals surface area contributed by atoms with E-state index in [-0.39, 0.29) is 18.1 Å². The number of carbonyl (C=O) groups is 2. The van der Waals surface area contributed by atoms with E-state index >= 15 is 0 Å². The van der Waals surface area contributed by atoms with Crippen molar-refractivity contribution in [3.8, 4) is 11.5 Å². The molecular weight excluding hydrogens is 372 g/mol. The number of sulfone groups is 1. The Morgan fingerprint density at radius 3 is 2.48 bits per heavy atom. The Morgan fingerprint density at radius 1 is 1.22 bits per heavy atom. The summed E-state index contributed by atoms with van der Waals surface area (Å²) in [5, 5.41) is 2.60. The Labute approximate surface area is 159 Å². The van der Waals surface area contributed by atoms with Crippen molar-refractivity contribution in [1.29, 1.82) is 0 Å². The minimum absolute atomic E-state index is 0.0579. The fourth-order valence-electron chi connectivity index (χ4n) is 3.15. The van der Waals surface area contributed by atoms with Crippen molar-refractivity contribution in [3.63, 3.8) is 0 Å². The molecule has 0 radical (unpaired) electrons. The van der Waals surface area contributed by atoms with Gasteiger partial charge in [-0.2, -0.15) is 0 Å². The highest BCUT2D eigenvalue weighted by molar-refractivity contribution is 7.91. The van der Waals surface area contributed by atoms with Gasteiger partial charge in [0.2, 0.25) is 0 Å². The van der Waals surface area contributed by atoms with E-state index in [0.717, 1.165) is 5.56 Å². The van der Waals surface area contributed by atoms with Gasteiger partial charge >= 0.3 is 11.8 Å². The van der Waals surface area contributed by atoms with Crippen LogP contribution in [0.15, 0.2) is 18.2 Å². The molecule has 0 saturated carbocycles. The van der Waals surface area contributed by atoms with E-state index in [1.165, 1.54) is 4.90 Å². The molecule has 150 valence electrons. The largest absolute Gasteiger partial charge is 0.493 e. The summed E-state index contributed by atoms with van der Waals surface area (Å²) in [6, 6.07) is 5.02. The molecule has 1 atom stereocenters. The van der Waals surface area contributed by atoms with E-state index in [1.54, 1.807) is 27.2 Å². The Hall–Kier alpha value is -2.29. The number of nitrogens with one attached hydrogen (secondary N) is 1. The van der Waals surface area contributed by atoms with Crippen LogP contribution in [-0.2, 0) is 25.8 Å². The average Bonchev–Trinajstić information content (AvgIpc) is 3.01. The van der Waals surface area contributed by atoms with Crippen LogP contribution in [0.1, 0.15) is 18.9 Å². The smallest absolute Gasteiger partial charge is 0.312 e. The van der Waals surface area contributed by atoms with E-state index in [1.807, 2.05) is 12.1 Å². The normalized spacial score (nSPS) is 18.0. The van der Waals surface area contributed by atoms with Crippen molar-refractivity contribution in [3.05, 3.63) is 23.8 Å². The molecule has 2 amide bonds. The van der Waals surface area contributed by atoms with Crippen LogP contribution in [0.5, 0.6) is 11.5 Å². The monoisotopic (exact) mass is 398 g/mol. The summed E-state index contributed by atoms with van der Waals surface area (Å²) in [6.45, 7) is 2.31. The van der Waals surface area contributed by atoms with Crippen molar-refractivity contribution in [2.45, 2.75) is 25.8 Å². The summed E-state index contributed by atoms with van der Waals surface area (Å²) in [5.41, 5.74) is 0.926. The maximum absolute atomic E-state index is 12.4. The van der Waals surface area contributed by atoms with Gasteiger partial charge in [-0.3, -0.25) is 9.59 Å². The minimum Gasteiger partial charge on any atom is -0.493 e. The van der Waals surface area contributed by atoms with Crippen LogP contribution in [0.4, 0.5) is 0 Å². The number of nitrogens with zero attached hydrogens (tertiary/aromatic N) is 1. The van der Waals surface area contributed by atoms with E-state index < -0.39 is 27.7 Å². The standard InChI is InChI=1S/C18H26N2O6S/c1-4-20(14-8-10-27(23,24)12-14)18(22)17(21)19-9-7-13-5-6-15(25-2)16(11-13)26-3/h5-6,11,14H,4,7-10,12H2,1-3H3,(H,19,21). The van der Waals surface area contributed by atoms with Crippen LogP contribution in [0.25, 0.3) is 0 Å². The third kappa shape index (κ3) is 5.35. The fourth-order valence-corrected chi connectivity index (χ4v) is 4.88. The highest BCUT2D eigenvalue weighted by atomic mass is 32.2. The molecule has 9 heteroatoms. The Balaban J connectivity index is 1.90. The molecule has 1 heterocycles. The Kier molecular flexibility index (Phi) is 7.06. The van der Waals surface area contributed by atoms with Gasteiger partial charge in [-0.15, -0.1) is 0 Å². The van der Waals surface area contributed by atoms with Gasteiger partial charge < -0.3 is 19.7 Å². The van der Waals surface area contributed by atoms with Crippen LogP contribution in [0.3, 0.4) is 0 Å². The Morgan fingerprint density at radius 2 is 1.93 bits per heavy atom. The van der Waals surface area contributed by atoms with E-state index in [0.29, 0.717) is 30.9 Å². The third-order valence-electron chi connectivity index (χ3n) is 4.59. The Bertz CT molecular complexity index is 793. The number of ether oxygens (including phenoxy) is 2. The number of rotatable bonds is 7. The van der Waals surface area contributed by atoms with Gasteiger partial charge in [-0.05, 0) is 37.5 Å². The number of carbonyl (C=O) groups excluding carboxylic acids is 2. The second-order valence-corrected chi connectivity index (χ2v) is 8.57. The first kappa shape index (κ1) is 21.0. The highest BCUT2D eigenvalue weighted by Gasteiger charge is 2.35. The third-order valence-corrected chi connectivity index (χ3v) is 6.34. The lowest BCUT2D eigenvalue weighted by atomic mass is 10.1. The van der Waals surface area contributed by atoms with Gasteiger partial charge in [0.05, 0.1) is 25.7 Å². The van der Waals surface area contributed by atoms with Crippen LogP contribution >= 0.6 is 0 Å². The molecule has 8 nitrogen and oxygen atoms in total. The van der Waals surface area contributed by atoms with Crippen molar-refractivity contribution >= 4 is 21.7 Å². The molecule has 2 rings (SSSR count). The SMILES string of the molecule is CCN(C(=O)C(=O)NCCc1ccc(OC)c(OC)c1)C1CCS(=O)(=O)C1. The van der Waals surface area contributed by atoms with Gasteiger partial charge in [-0.25, -0.2) is 8.42 Å². The number of amides is 2. The molecule has 1 saturated heterocycles. The summed E-state index contributed by atoms with van der Waals surface area (Å²) < 4.78 is 33.7. The molecule has 1 unspecified atom stereocenters. The maximum Gasteiger partial charge on any atom is 0.312 e. The zero-order valence-electron chi connectivity index (χ0n) is 15.9. The number of methoxy groups -OCH3 is 2. The zero-order valence-corrected chi connectivity index (χ0v) is 16.7. The van der Waals surface area contributed by atoms with Crippen molar-refractivity contribution in [2.75, 3.05) is 38.8 Å². The molecule has 27 heavy (non-hydrogen) atoms. The second-order valence-electron chi connectivity index (χ2n) is 6.34. The first-order chi connectivity index (χ1) is 12.8. The predicted octanol–water partition coefficient (Wildman–Crippen LogP) is 0.398. The predicted molar refractivity (Wildman–Crippen MR) is 101 cm³/mol. The zero-order chi connectivity index (χ0) is 20.0. The quantitative estimate of drug-likeness (QED) is 0.667. The van der Waals surface area contributed by atoms with Crippen molar-refractivity contribution in [1.82, 2.24) is 10.2 Å². The molecule has 0 aromatic heterocycles. The van der Waals surface area contributed by atoms with Crippen LogP contribution < -0.4 is 14.8 Å². The molecule has 1 aromatic carbocycles.